The number of rotatable bonds is 4. The first-order valence-electron chi connectivity index (χ1n) is 6.65. The van der Waals surface area contributed by atoms with E-state index in [1.165, 1.54) is 12.1 Å². The normalized spacial score (nSPS) is 10.8. The Bertz CT molecular complexity index is 752. The van der Waals surface area contributed by atoms with Crippen molar-refractivity contribution in [1.29, 1.82) is 0 Å². The van der Waals surface area contributed by atoms with Crippen LogP contribution >= 0.6 is 0 Å². The molecule has 0 spiro atoms. The zero-order chi connectivity index (χ0) is 14.8. The summed E-state index contributed by atoms with van der Waals surface area (Å²) in [5.41, 5.74) is 1.52. The molecule has 0 saturated heterocycles. The Morgan fingerprint density at radius 3 is 2.67 bits per heavy atom. The number of nitrogens with zero attached hydrogens (tertiary/aromatic N) is 4. The zero-order valence-electron chi connectivity index (χ0n) is 11.8. The van der Waals surface area contributed by atoms with E-state index in [0.29, 0.717) is 18.1 Å². The highest BCUT2D eigenvalue weighted by Crippen LogP contribution is 2.29. The molecule has 0 saturated carbocycles. The Labute approximate surface area is 121 Å². The minimum Gasteiger partial charge on any atom is -0.357 e. The van der Waals surface area contributed by atoms with Crippen LogP contribution in [0.5, 0.6) is 0 Å². The summed E-state index contributed by atoms with van der Waals surface area (Å²) in [4.78, 5) is 10.8. The fourth-order valence-electron chi connectivity index (χ4n) is 2.21. The van der Waals surface area contributed by atoms with Gasteiger partial charge in [-0.2, -0.15) is 15.1 Å². The maximum absolute atomic E-state index is 13.1. The summed E-state index contributed by atoms with van der Waals surface area (Å²) in [6, 6.07) is 6.33. The van der Waals surface area contributed by atoms with Gasteiger partial charge in [0.05, 0.1) is 11.6 Å². The van der Waals surface area contributed by atoms with Crippen LogP contribution in [0.4, 0.5) is 21.8 Å². The van der Waals surface area contributed by atoms with E-state index in [2.05, 4.69) is 25.5 Å². The lowest BCUT2D eigenvalue weighted by atomic mass is 10.2. The third-order valence-corrected chi connectivity index (χ3v) is 3.22. The van der Waals surface area contributed by atoms with Crippen LogP contribution in [0.2, 0.25) is 0 Å². The zero-order valence-corrected chi connectivity index (χ0v) is 11.8. The standard InChI is InChI=1S/C14H15FN6/c1-3-21(10-6-4-9(15)5-7-10)13-11-8-17-20-12(11)18-14(16-2)19-13/h4-8H,3H2,1-2H3,(H2,16,17,18,19,20). The Morgan fingerprint density at radius 1 is 1.24 bits per heavy atom. The molecule has 0 radical (unpaired) electrons. The van der Waals surface area contributed by atoms with Gasteiger partial charge >= 0.3 is 0 Å². The van der Waals surface area contributed by atoms with Crippen LogP contribution in [0.15, 0.2) is 30.5 Å². The third kappa shape index (κ3) is 2.37. The summed E-state index contributed by atoms with van der Waals surface area (Å²) < 4.78 is 13.1. The maximum Gasteiger partial charge on any atom is 0.226 e. The first kappa shape index (κ1) is 13.3. The molecule has 0 aliphatic heterocycles. The first-order chi connectivity index (χ1) is 10.2. The van der Waals surface area contributed by atoms with Crippen LogP contribution < -0.4 is 10.2 Å². The van der Waals surface area contributed by atoms with Gasteiger partial charge in [0.15, 0.2) is 5.65 Å². The molecule has 0 fully saturated rings. The smallest absolute Gasteiger partial charge is 0.226 e. The number of benzene rings is 1. The summed E-state index contributed by atoms with van der Waals surface area (Å²) in [5.74, 6) is 0.969. The Kier molecular flexibility index (Phi) is 3.39. The number of aromatic nitrogens is 4. The molecule has 0 bridgehead atoms. The fraction of sp³-hybridized carbons (Fsp3) is 0.214. The van der Waals surface area contributed by atoms with E-state index < -0.39 is 0 Å². The van der Waals surface area contributed by atoms with Crippen molar-refractivity contribution in [2.24, 2.45) is 0 Å². The molecule has 0 aliphatic carbocycles. The molecule has 1 aromatic carbocycles. The molecule has 7 heteroatoms. The van der Waals surface area contributed by atoms with E-state index in [0.717, 1.165) is 16.9 Å². The van der Waals surface area contributed by atoms with Crippen molar-refractivity contribution < 1.29 is 4.39 Å². The molecule has 2 aromatic heterocycles. The van der Waals surface area contributed by atoms with Crippen molar-refractivity contribution in [3.05, 3.63) is 36.3 Å². The van der Waals surface area contributed by atoms with Crippen molar-refractivity contribution in [3.8, 4) is 0 Å². The van der Waals surface area contributed by atoms with E-state index in [1.54, 1.807) is 25.4 Å². The summed E-state index contributed by atoms with van der Waals surface area (Å²) >= 11 is 0. The number of hydrogen-bond donors (Lipinski definition) is 2. The molecule has 0 atom stereocenters. The van der Waals surface area contributed by atoms with Gasteiger partial charge in [-0.15, -0.1) is 0 Å². The molecule has 3 aromatic rings. The molecule has 0 amide bonds. The predicted octanol–water partition coefficient (Wildman–Crippen LogP) is 2.69. The van der Waals surface area contributed by atoms with Gasteiger partial charge in [0.1, 0.15) is 11.6 Å². The second-order valence-corrected chi connectivity index (χ2v) is 4.47. The van der Waals surface area contributed by atoms with Gasteiger partial charge in [-0.05, 0) is 31.2 Å². The Balaban J connectivity index is 2.15. The monoisotopic (exact) mass is 286 g/mol. The quantitative estimate of drug-likeness (QED) is 0.771. The second kappa shape index (κ2) is 5.35. The molecule has 3 rings (SSSR count). The summed E-state index contributed by atoms with van der Waals surface area (Å²) in [5, 5.41) is 10.6. The summed E-state index contributed by atoms with van der Waals surface area (Å²) in [6.07, 6.45) is 1.69. The third-order valence-electron chi connectivity index (χ3n) is 3.22. The van der Waals surface area contributed by atoms with E-state index in [9.17, 15) is 4.39 Å². The maximum atomic E-state index is 13.1. The van der Waals surface area contributed by atoms with Gasteiger partial charge in [-0.1, -0.05) is 0 Å². The van der Waals surface area contributed by atoms with Crippen LogP contribution in [-0.4, -0.2) is 33.8 Å². The summed E-state index contributed by atoms with van der Waals surface area (Å²) in [7, 11) is 1.76. The SMILES string of the molecule is CCN(c1ccc(F)cc1)c1nc(NC)nc2[nH]ncc12. The highest BCUT2D eigenvalue weighted by Gasteiger charge is 2.16. The van der Waals surface area contributed by atoms with Crippen molar-refractivity contribution >= 4 is 28.5 Å². The number of aromatic amines is 1. The molecule has 108 valence electrons. The van der Waals surface area contributed by atoms with Crippen molar-refractivity contribution in [2.75, 3.05) is 23.8 Å². The molecule has 21 heavy (non-hydrogen) atoms. The van der Waals surface area contributed by atoms with Crippen molar-refractivity contribution in [2.45, 2.75) is 6.92 Å². The van der Waals surface area contributed by atoms with Gasteiger partial charge in [0.2, 0.25) is 5.95 Å². The van der Waals surface area contributed by atoms with Gasteiger partial charge in [-0.3, -0.25) is 5.10 Å². The second-order valence-electron chi connectivity index (χ2n) is 4.47. The number of H-pyrrole nitrogens is 1. The predicted molar refractivity (Wildman–Crippen MR) is 80.3 cm³/mol. The van der Waals surface area contributed by atoms with Crippen LogP contribution in [0.3, 0.4) is 0 Å². The average molecular weight is 286 g/mol. The lowest BCUT2D eigenvalue weighted by Gasteiger charge is -2.23. The lowest BCUT2D eigenvalue weighted by molar-refractivity contribution is 0.628. The van der Waals surface area contributed by atoms with Gasteiger partial charge < -0.3 is 10.2 Å². The van der Waals surface area contributed by atoms with E-state index in [1.807, 2.05) is 11.8 Å². The highest BCUT2D eigenvalue weighted by atomic mass is 19.1. The van der Waals surface area contributed by atoms with Crippen LogP contribution in [0, 0.1) is 5.82 Å². The molecular formula is C14H15FN6. The Morgan fingerprint density at radius 2 is 2.00 bits per heavy atom. The first-order valence-corrected chi connectivity index (χ1v) is 6.65. The van der Waals surface area contributed by atoms with E-state index in [-0.39, 0.29) is 5.82 Å². The van der Waals surface area contributed by atoms with Crippen LogP contribution in [0.1, 0.15) is 6.92 Å². The number of anilines is 3. The van der Waals surface area contributed by atoms with Gasteiger partial charge in [0.25, 0.3) is 0 Å². The molecule has 0 aliphatic rings. The minimum absolute atomic E-state index is 0.262. The molecular weight excluding hydrogens is 271 g/mol. The molecule has 2 heterocycles. The van der Waals surface area contributed by atoms with Gasteiger partial charge in [0, 0.05) is 19.3 Å². The van der Waals surface area contributed by atoms with Crippen molar-refractivity contribution in [3.63, 3.8) is 0 Å². The molecule has 0 unspecified atom stereocenters. The van der Waals surface area contributed by atoms with Crippen molar-refractivity contribution in [1.82, 2.24) is 20.2 Å². The molecule has 6 nitrogen and oxygen atoms in total. The largest absolute Gasteiger partial charge is 0.357 e. The summed E-state index contributed by atoms with van der Waals surface area (Å²) in [6.45, 7) is 2.70. The fourth-order valence-corrected chi connectivity index (χ4v) is 2.21. The van der Waals surface area contributed by atoms with Crippen LogP contribution in [0.25, 0.3) is 11.0 Å². The van der Waals surface area contributed by atoms with E-state index in [4.69, 9.17) is 0 Å². The number of hydrogen-bond acceptors (Lipinski definition) is 5. The minimum atomic E-state index is -0.262. The highest BCUT2D eigenvalue weighted by molar-refractivity contribution is 5.89. The van der Waals surface area contributed by atoms with Crippen LogP contribution in [-0.2, 0) is 0 Å². The Hall–Kier alpha value is -2.70. The lowest BCUT2D eigenvalue weighted by Crippen LogP contribution is -2.18. The number of nitrogens with one attached hydrogen (secondary N) is 2. The van der Waals surface area contributed by atoms with Gasteiger partial charge in [-0.25, -0.2) is 4.39 Å². The van der Waals surface area contributed by atoms with E-state index >= 15 is 0 Å². The number of halogens is 1. The number of fused-ring (bicyclic) bond motifs is 1. The topological polar surface area (TPSA) is 69.7 Å². The molecule has 2 N–H and O–H groups in total. The average Bonchev–Trinajstić information content (AvgIpc) is 2.98.